The lowest BCUT2D eigenvalue weighted by molar-refractivity contribution is 0.0350. The number of hydrogen-bond donors (Lipinski definition) is 0. The lowest BCUT2D eigenvalue weighted by atomic mass is 9.99. The monoisotopic (exact) mass is 317 g/mol. The van der Waals surface area contributed by atoms with Gasteiger partial charge in [0.25, 0.3) is 0 Å². The number of likely N-dealkylation sites (tertiary alicyclic amines) is 1. The van der Waals surface area contributed by atoms with Crippen molar-refractivity contribution in [3.8, 4) is 0 Å². The van der Waals surface area contributed by atoms with Crippen molar-refractivity contribution < 1.29 is 14.3 Å². The Bertz CT molecular complexity index is 600. The van der Waals surface area contributed by atoms with E-state index >= 15 is 0 Å². The van der Waals surface area contributed by atoms with Crippen LogP contribution in [0.3, 0.4) is 0 Å². The third-order valence-electron chi connectivity index (χ3n) is 3.98. The van der Waals surface area contributed by atoms with Crippen molar-refractivity contribution in [2.24, 2.45) is 0 Å². The standard InChI is InChI=1S/C17H19NO3S/c1-20-17(19)21-16-11-18(9-13-5-3-2-4-6-13)10-15(16)14-7-8-22-12-14/h2-8,12,15-16H,9-11H2,1H3. The summed E-state index contributed by atoms with van der Waals surface area (Å²) in [7, 11) is 1.35. The highest BCUT2D eigenvalue weighted by atomic mass is 32.1. The van der Waals surface area contributed by atoms with Crippen LogP contribution in [0.1, 0.15) is 17.0 Å². The van der Waals surface area contributed by atoms with E-state index < -0.39 is 6.16 Å². The van der Waals surface area contributed by atoms with Crippen LogP contribution in [0.15, 0.2) is 47.2 Å². The van der Waals surface area contributed by atoms with Gasteiger partial charge in [0.2, 0.25) is 0 Å². The maximum Gasteiger partial charge on any atom is 0.508 e. The molecular weight excluding hydrogens is 298 g/mol. The van der Waals surface area contributed by atoms with Crippen LogP contribution in [-0.4, -0.2) is 37.4 Å². The molecule has 0 amide bonds. The first kappa shape index (κ1) is 15.1. The molecule has 1 fully saturated rings. The molecule has 3 rings (SSSR count). The zero-order valence-electron chi connectivity index (χ0n) is 12.5. The molecular formula is C17H19NO3S. The van der Waals surface area contributed by atoms with Gasteiger partial charge in [-0.3, -0.25) is 4.90 Å². The molecule has 2 heterocycles. The summed E-state index contributed by atoms with van der Waals surface area (Å²) in [5.41, 5.74) is 2.50. The van der Waals surface area contributed by atoms with Gasteiger partial charge in [-0.1, -0.05) is 30.3 Å². The van der Waals surface area contributed by atoms with Gasteiger partial charge in [-0.05, 0) is 28.0 Å². The number of carbonyl (C=O) groups excluding carboxylic acids is 1. The second-order valence-electron chi connectivity index (χ2n) is 5.45. The van der Waals surface area contributed by atoms with Gasteiger partial charge in [-0.15, -0.1) is 0 Å². The van der Waals surface area contributed by atoms with Crippen molar-refractivity contribution in [2.75, 3.05) is 20.2 Å². The summed E-state index contributed by atoms with van der Waals surface area (Å²) in [6, 6.07) is 12.5. The number of thiophene rings is 1. The Morgan fingerprint density at radius 1 is 1.27 bits per heavy atom. The summed E-state index contributed by atoms with van der Waals surface area (Å²) in [5.74, 6) is 0.203. The van der Waals surface area contributed by atoms with E-state index in [1.807, 2.05) is 18.2 Å². The van der Waals surface area contributed by atoms with Crippen molar-refractivity contribution >= 4 is 17.5 Å². The third kappa shape index (κ3) is 3.48. The number of hydrogen-bond acceptors (Lipinski definition) is 5. The Morgan fingerprint density at radius 2 is 2.09 bits per heavy atom. The van der Waals surface area contributed by atoms with E-state index in [-0.39, 0.29) is 12.0 Å². The van der Waals surface area contributed by atoms with Crippen LogP contribution >= 0.6 is 11.3 Å². The molecule has 4 nitrogen and oxygen atoms in total. The molecule has 1 aromatic carbocycles. The summed E-state index contributed by atoms with van der Waals surface area (Å²) >= 11 is 1.67. The Hall–Kier alpha value is -1.85. The Labute approximate surface area is 134 Å². The van der Waals surface area contributed by atoms with Gasteiger partial charge in [-0.25, -0.2) is 4.79 Å². The average Bonchev–Trinajstić information content (AvgIpc) is 3.18. The zero-order valence-corrected chi connectivity index (χ0v) is 13.3. The summed E-state index contributed by atoms with van der Waals surface area (Å²) in [6.45, 7) is 2.47. The molecule has 5 heteroatoms. The average molecular weight is 317 g/mol. The first-order valence-electron chi connectivity index (χ1n) is 7.29. The maximum absolute atomic E-state index is 11.5. The minimum absolute atomic E-state index is 0.161. The van der Waals surface area contributed by atoms with E-state index in [1.54, 1.807) is 11.3 Å². The van der Waals surface area contributed by atoms with Crippen LogP contribution in [0.4, 0.5) is 4.79 Å². The lowest BCUT2D eigenvalue weighted by Gasteiger charge is -2.17. The van der Waals surface area contributed by atoms with E-state index in [4.69, 9.17) is 4.74 Å². The number of ether oxygens (including phenoxy) is 2. The second-order valence-corrected chi connectivity index (χ2v) is 6.23. The molecule has 2 aromatic rings. The van der Waals surface area contributed by atoms with E-state index in [9.17, 15) is 4.79 Å². The molecule has 22 heavy (non-hydrogen) atoms. The van der Waals surface area contributed by atoms with Crippen molar-refractivity contribution in [2.45, 2.75) is 18.6 Å². The zero-order chi connectivity index (χ0) is 15.4. The molecule has 0 spiro atoms. The molecule has 0 radical (unpaired) electrons. The highest BCUT2D eigenvalue weighted by Gasteiger charge is 2.37. The highest BCUT2D eigenvalue weighted by molar-refractivity contribution is 7.08. The molecule has 1 saturated heterocycles. The molecule has 0 aliphatic carbocycles. The molecule has 0 bridgehead atoms. The molecule has 1 aliphatic heterocycles. The first-order valence-corrected chi connectivity index (χ1v) is 8.23. The van der Waals surface area contributed by atoms with Crippen molar-refractivity contribution in [1.29, 1.82) is 0 Å². The lowest BCUT2D eigenvalue weighted by Crippen LogP contribution is -2.26. The predicted molar refractivity (Wildman–Crippen MR) is 86.1 cm³/mol. The van der Waals surface area contributed by atoms with E-state index in [1.165, 1.54) is 18.2 Å². The fraction of sp³-hybridized carbons (Fsp3) is 0.353. The summed E-state index contributed by atoms with van der Waals surface area (Å²) in [4.78, 5) is 13.8. The SMILES string of the molecule is COC(=O)OC1CN(Cc2ccccc2)CC1c1ccsc1. The normalized spacial score (nSPS) is 21.7. The Kier molecular flexibility index (Phi) is 4.75. The number of benzene rings is 1. The molecule has 0 saturated carbocycles. The molecule has 2 unspecified atom stereocenters. The van der Waals surface area contributed by atoms with Crippen LogP contribution in [0.5, 0.6) is 0 Å². The fourth-order valence-electron chi connectivity index (χ4n) is 2.92. The largest absolute Gasteiger partial charge is 0.508 e. The molecule has 1 aromatic heterocycles. The van der Waals surface area contributed by atoms with Crippen molar-refractivity contribution in [1.82, 2.24) is 4.90 Å². The third-order valence-corrected chi connectivity index (χ3v) is 4.68. The van der Waals surface area contributed by atoms with E-state index in [2.05, 4.69) is 38.6 Å². The van der Waals surface area contributed by atoms with Crippen LogP contribution < -0.4 is 0 Å². The molecule has 1 aliphatic rings. The maximum atomic E-state index is 11.5. The number of methoxy groups -OCH3 is 1. The van der Waals surface area contributed by atoms with Crippen molar-refractivity contribution in [3.05, 3.63) is 58.3 Å². The Morgan fingerprint density at radius 3 is 2.77 bits per heavy atom. The van der Waals surface area contributed by atoms with E-state index in [0.29, 0.717) is 0 Å². The topological polar surface area (TPSA) is 38.8 Å². The van der Waals surface area contributed by atoms with Gasteiger partial charge in [0, 0.05) is 25.6 Å². The van der Waals surface area contributed by atoms with Gasteiger partial charge in [0.05, 0.1) is 7.11 Å². The summed E-state index contributed by atoms with van der Waals surface area (Å²) < 4.78 is 10.1. The molecule has 0 N–H and O–H groups in total. The van der Waals surface area contributed by atoms with Crippen LogP contribution in [0, 0.1) is 0 Å². The van der Waals surface area contributed by atoms with Crippen molar-refractivity contribution in [3.63, 3.8) is 0 Å². The van der Waals surface area contributed by atoms with Crippen LogP contribution in [0.25, 0.3) is 0 Å². The minimum atomic E-state index is -0.605. The Balaban J connectivity index is 1.71. The van der Waals surface area contributed by atoms with E-state index in [0.717, 1.165) is 19.6 Å². The number of nitrogens with zero attached hydrogens (tertiary/aromatic N) is 1. The minimum Gasteiger partial charge on any atom is -0.438 e. The van der Waals surface area contributed by atoms with Gasteiger partial charge < -0.3 is 9.47 Å². The second kappa shape index (κ2) is 6.94. The highest BCUT2D eigenvalue weighted by Crippen LogP contribution is 2.32. The summed E-state index contributed by atoms with van der Waals surface area (Å²) in [5, 5.41) is 4.19. The first-order chi connectivity index (χ1) is 10.8. The van der Waals surface area contributed by atoms with Gasteiger partial charge >= 0.3 is 6.16 Å². The number of rotatable bonds is 4. The number of carbonyl (C=O) groups is 1. The fourth-order valence-corrected chi connectivity index (χ4v) is 3.64. The van der Waals surface area contributed by atoms with Gasteiger partial charge in [0.15, 0.2) is 0 Å². The molecule has 116 valence electrons. The van der Waals surface area contributed by atoms with Gasteiger partial charge in [-0.2, -0.15) is 11.3 Å². The van der Waals surface area contributed by atoms with Crippen LogP contribution in [0.2, 0.25) is 0 Å². The predicted octanol–water partition coefficient (Wildman–Crippen LogP) is 3.50. The molecule has 2 atom stereocenters. The quantitative estimate of drug-likeness (QED) is 0.809. The van der Waals surface area contributed by atoms with Crippen LogP contribution in [-0.2, 0) is 16.0 Å². The van der Waals surface area contributed by atoms with Gasteiger partial charge in [0.1, 0.15) is 6.10 Å². The summed E-state index contributed by atoms with van der Waals surface area (Å²) in [6.07, 6.45) is -0.766. The smallest absolute Gasteiger partial charge is 0.438 e.